The van der Waals surface area contributed by atoms with Gasteiger partial charge in [0.25, 0.3) is 0 Å². The summed E-state index contributed by atoms with van der Waals surface area (Å²) in [5.41, 5.74) is 11.4. The smallest absolute Gasteiger partial charge is 0.314 e. The number of ether oxygens (including phenoxy) is 2. The van der Waals surface area contributed by atoms with Crippen LogP contribution in [0.5, 0.6) is 0 Å². The SMILES string of the molecule is C[C@]12CC[C@H](O)CC1=CCC1C2CC[C@]2(C)C(n3cnc4ccccc43)=CCC12.C[C@]12CC[C@H](OC(=O)CCC(=O)O)CC1=CCC1C2CC[C@]2(C)C(n3cnc4ccccc43)=CCC12.O=C1CCC(=O)O1. The van der Waals surface area contributed by atoms with Crippen molar-refractivity contribution in [3.63, 3.8) is 0 Å². The number of fused-ring (bicyclic) bond motifs is 12. The molecule has 4 aromatic rings. The van der Waals surface area contributed by atoms with E-state index in [-0.39, 0.29) is 60.1 Å². The minimum absolute atomic E-state index is 0.0470. The van der Waals surface area contributed by atoms with E-state index in [4.69, 9.17) is 9.84 Å². The Labute approximate surface area is 423 Å². The number of imidazole rings is 2. The van der Waals surface area contributed by atoms with Gasteiger partial charge in [0.1, 0.15) is 18.8 Å². The van der Waals surface area contributed by atoms with Gasteiger partial charge < -0.3 is 28.8 Å². The number of para-hydroxylation sites is 4. The second-order valence-corrected chi connectivity index (χ2v) is 23.8. The summed E-state index contributed by atoms with van der Waals surface area (Å²) in [6.45, 7) is 9.97. The van der Waals surface area contributed by atoms with Gasteiger partial charge in [-0.25, -0.2) is 9.97 Å². The van der Waals surface area contributed by atoms with Crippen molar-refractivity contribution < 1.29 is 38.9 Å². The van der Waals surface area contributed by atoms with E-state index >= 15 is 0 Å². The lowest BCUT2D eigenvalue weighted by Gasteiger charge is -2.57. The van der Waals surface area contributed by atoms with Crippen LogP contribution in [0.3, 0.4) is 0 Å². The summed E-state index contributed by atoms with van der Waals surface area (Å²) in [6, 6.07) is 16.9. The lowest BCUT2D eigenvalue weighted by molar-refractivity contribution is -0.154. The Hall–Kier alpha value is -5.62. The molecule has 1 aliphatic heterocycles. The normalized spacial score (nSPS) is 36.2. The van der Waals surface area contributed by atoms with Crippen molar-refractivity contribution in [2.75, 3.05) is 0 Å². The van der Waals surface area contributed by atoms with E-state index in [9.17, 15) is 24.3 Å². The van der Waals surface area contributed by atoms with Crippen molar-refractivity contribution in [2.24, 2.45) is 57.2 Å². The number of carboxylic acids is 1. The molecule has 4 saturated carbocycles. The molecule has 12 atom stereocenters. The van der Waals surface area contributed by atoms with E-state index in [1.807, 2.05) is 12.7 Å². The Morgan fingerprint density at radius 3 is 1.61 bits per heavy atom. The summed E-state index contributed by atoms with van der Waals surface area (Å²) < 4.78 is 14.5. The maximum atomic E-state index is 12.1. The minimum Gasteiger partial charge on any atom is -0.481 e. The molecule has 0 spiro atoms. The zero-order valence-electron chi connectivity index (χ0n) is 42.6. The summed E-state index contributed by atoms with van der Waals surface area (Å²) in [5, 5.41) is 19.1. The van der Waals surface area contributed by atoms with Crippen molar-refractivity contribution in [3.8, 4) is 0 Å². The van der Waals surface area contributed by atoms with Gasteiger partial charge in [0.05, 0.1) is 53.9 Å². The molecular weight excluding hydrogens is 905 g/mol. The molecule has 2 aromatic heterocycles. The Balaban J connectivity index is 0.000000139. The molecule has 72 heavy (non-hydrogen) atoms. The topological polar surface area (TPSA) is 163 Å². The first kappa shape index (κ1) is 48.6. The molecule has 5 fully saturated rings. The Morgan fingerprint density at radius 1 is 0.625 bits per heavy atom. The van der Waals surface area contributed by atoms with Gasteiger partial charge in [0, 0.05) is 28.6 Å². The number of allylic oxidation sites excluding steroid dienone is 6. The Kier molecular flexibility index (Phi) is 12.6. The first-order chi connectivity index (χ1) is 34.6. The van der Waals surface area contributed by atoms with Crippen molar-refractivity contribution in [1.29, 1.82) is 0 Å². The van der Waals surface area contributed by atoms with Gasteiger partial charge in [-0.2, -0.15) is 0 Å². The molecule has 6 unspecified atom stereocenters. The minimum atomic E-state index is -0.959. The fraction of sp³-hybridized carbons (Fsp3) is 0.567. The third-order valence-corrected chi connectivity index (χ3v) is 20.2. The summed E-state index contributed by atoms with van der Waals surface area (Å²) in [4.78, 5) is 52.3. The van der Waals surface area contributed by atoms with Crippen molar-refractivity contribution in [2.45, 2.75) is 155 Å². The van der Waals surface area contributed by atoms with Crippen molar-refractivity contribution in [3.05, 3.63) is 96.6 Å². The van der Waals surface area contributed by atoms with Gasteiger partial charge in [-0.3, -0.25) is 19.2 Å². The molecule has 1 saturated heterocycles. The highest BCUT2D eigenvalue weighted by Crippen LogP contribution is 2.67. The van der Waals surface area contributed by atoms with Crippen molar-refractivity contribution in [1.82, 2.24) is 19.1 Å². The number of nitrogens with zero attached hydrogens (tertiary/aromatic N) is 4. The van der Waals surface area contributed by atoms with Crippen LogP contribution in [0, 0.1) is 57.2 Å². The lowest BCUT2D eigenvalue weighted by Crippen LogP contribution is -2.50. The lowest BCUT2D eigenvalue weighted by atomic mass is 9.47. The van der Waals surface area contributed by atoms with Crippen molar-refractivity contribution >= 4 is 57.3 Å². The number of rotatable bonds is 6. The molecular formula is C60H72N4O8. The Bertz CT molecular complexity index is 2930. The van der Waals surface area contributed by atoms with Gasteiger partial charge in [0.2, 0.25) is 0 Å². The standard InChI is InChI=1S/C30H36N2O4.C26H32N2O.C4H4O3/c1-29-15-13-20(36-28(35)12-11-27(33)34)17-19(29)7-8-21-22-9-10-26(30(22,2)16-14-23(21)29)32-18-31-24-5-3-4-6-25(24)32;1-25-13-11-18(29)15-17(25)7-8-19-20-9-10-24(26(20,2)14-12-21(19)25)28-16-27-22-5-3-4-6-23(22)28;5-3-1-2-4(6)7-3/h3-7,10,18,20-23H,8-9,11-17H2,1-2H3,(H,33,34);3-7,10,16,18-21,29H,8-9,11-15H2,1-2H3;1-2H2/t20-,21?,22?,23?,29-,30-;18-,19?,20?,21?,25-,26-;/m00./s1. The number of cyclic esters (lactones) is 2. The predicted molar refractivity (Wildman–Crippen MR) is 275 cm³/mol. The molecule has 380 valence electrons. The number of aliphatic carboxylic acids is 1. The van der Waals surface area contributed by atoms with Crippen LogP contribution in [0.1, 0.15) is 143 Å². The van der Waals surface area contributed by atoms with Gasteiger partial charge in [-0.05, 0) is 154 Å². The number of aliphatic hydroxyl groups is 1. The molecule has 2 aromatic carbocycles. The highest BCUT2D eigenvalue weighted by Gasteiger charge is 2.59. The van der Waals surface area contributed by atoms with Crippen LogP contribution in [0.15, 0.2) is 96.6 Å². The van der Waals surface area contributed by atoms with Crippen LogP contribution < -0.4 is 0 Å². The van der Waals surface area contributed by atoms with E-state index in [0.29, 0.717) is 23.2 Å². The number of carbonyl (C=O) groups is 4. The van der Waals surface area contributed by atoms with Gasteiger partial charge in [-0.15, -0.1) is 0 Å². The fourth-order valence-electron chi connectivity index (χ4n) is 16.4. The fourth-order valence-corrected chi connectivity index (χ4v) is 16.4. The molecule has 13 rings (SSSR count). The molecule has 0 bridgehead atoms. The first-order valence-corrected chi connectivity index (χ1v) is 27.1. The quantitative estimate of drug-likeness (QED) is 0.108. The van der Waals surface area contributed by atoms with Crippen LogP contribution in [0.4, 0.5) is 0 Å². The number of carboxylic acid groups (broad SMARTS) is 1. The van der Waals surface area contributed by atoms with Gasteiger partial charge >= 0.3 is 23.9 Å². The maximum Gasteiger partial charge on any atom is 0.314 e. The van der Waals surface area contributed by atoms with E-state index in [0.717, 1.165) is 80.2 Å². The van der Waals surface area contributed by atoms with E-state index in [1.54, 1.807) is 5.57 Å². The average molecular weight is 977 g/mol. The summed E-state index contributed by atoms with van der Waals surface area (Å²) in [5.74, 6) is 2.08. The maximum absolute atomic E-state index is 12.1. The molecule has 12 nitrogen and oxygen atoms in total. The number of hydrogen-bond donors (Lipinski definition) is 2. The number of hydrogen-bond acceptors (Lipinski definition) is 9. The second-order valence-electron chi connectivity index (χ2n) is 23.8. The average Bonchev–Trinajstić information content (AvgIpc) is 4.21. The Morgan fingerprint density at radius 2 is 1.11 bits per heavy atom. The molecule has 9 aliphatic rings. The van der Waals surface area contributed by atoms with E-state index in [1.165, 1.54) is 66.5 Å². The van der Waals surface area contributed by atoms with E-state index < -0.39 is 17.9 Å². The van der Waals surface area contributed by atoms with Crippen LogP contribution in [0.2, 0.25) is 0 Å². The monoisotopic (exact) mass is 977 g/mol. The highest BCUT2D eigenvalue weighted by atomic mass is 16.6. The summed E-state index contributed by atoms with van der Waals surface area (Å²) in [7, 11) is 0. The molecule has 2 N–H and O–H groups in total. The number of aromatic nitrogens is 4. The summed E-state index contributed by atoms with van der Waals surface area (Å²) in [6.07, 6.45) is 29.5. The van der Waals surface area contributed by atoms with Crippen LogP contribution in [-0.4, -0.2) is 65.4 Å². The predicted octanol–water partition coefficient (Wildman–Crippen LogP) is 11.9. The molecule has 12 heteroatoms. The number of aliphatic hydroxyl groups excluding tert-OH is 1. The highest BCUT2D eigenvalue weighted by molar-refractivity contribution is 5.92. The molecule has 0 amide bonds. The van der Waals surface area contributed by atoms with Gasteiger partial charge in [-0.1, -0.05) is 87.4 Å². The second kappa shape index (κ2) is 18.7. The first-order valence-electron chi connectivity index (χ1n) is 27.1. The largest absolute Gasteiger partial charge is 0.481 e. The van der Waals surface area contributed by atoms with Crippen LogP contribution >= 0.6 is 0 Å². The number of esters is 3. The van der Waals surface area contributed by atoms with Crippen LogP contribution in [0.25, 0.3) is 33.5 Å². The third-order valence-electron chi connectivity index (χ3n) is 20.2. The molecule has 0 radical (unpaired) electrons. The zero-order chi connectivity index (χ0) is 50.2. The zero-order valence-corrected chi connectivity index (χ0v) is 42.6. The number of carbonyl (C=O) groups excluding carboxylic acids is 3. The van der Waals surface area contributed by atoms with Gasteiger partial charge in [0.15, 0.2) is 0 Å². The molecule has 8 aliphatic carbocycles. The molecule has 3 heterocycles. The summed E-state index contributed by atoms with van der Waals surface area (Å²) >= 11 is 0. The van der Waals surface area contributed by atoms with E-state index in [2.05, 4.69) is 124 Å². The number of benzene rings is 2. The van der Waals surface area contributed by atoms with Crippen LogP contribution in [-0.2, 0) is 28.7 Å². The third kappa shape index (κ3) is 8.31.